The average molecular weight is 531 g/mol. The van der Waals surface area contributed by atoms with E-state index in [4.69, 9.17) is 13.9 Å². The van der Waals surface area contributed by atoms with E-state index < -0.39 is 17.7 Å². The molecule has 38 heavy (non-hydrogen) atoms. The molecule has 1 heterocycles. The van der Waals surface area contributed by atoms with Gasteiger partial charge in [0.25, 0.3) is 0 Å². The van der Waals surface area contributed by atoms with E-state index in [0.717, 1.165) is 36.3 Å². The largest absolute Gasteiger partial charge is 0.573 e. The Bertz CT molecular complexity index is 1290. The van der Waals surface area contributed by atoms with Gasteiger partial charge in [0, 0.05) is 22.9 Å². The van der Waals surface area contributed by atoms with Crippen molar-refractivity contribution >= 4 is 16.9 Å². The van der Waals surface area contributed by atoms with E-state index in [2.05, 4.69) is 18.2 Å². The number of unbranched alkanes of at least 4 members (excludes halogenated alkanes) is 2. The monoisotopic (exact) mass is 530 g/mol. The van der Waals surface area contributed by atoms with Crippen molar-refractivity contribution in [2.24, 2.45) is 5.41 Å². The number of furan rings is 1. The first kappa shape index (κ1) is 27.6. The van der Waals surface area contributed by atoms with Crippen LogP contribution in [0.3, 0.4) is 0 Å². The summed E-state index contributed by atoms with van der Waals surface area (Å²) in [7, 11) is 0. The minimum atomic E-state index is -4.82. The molecule has 1 aliphatic carbocycles. The molecule has 0 bridgehead atoms. The third-order valence-electron chi connectivity index (χ3n) is 7.15. The highest BCUT2D eigenvalue weighted by molar-refractivity contribution is 5.85. The van der Waals surface area contributed by atoms with Crippen LogP contribution in [0.4, 0.5) is 13.2 Å². The van der Waals surface area contributed by atoms with Crippen LogP contribution in [0, 0.1) is 5.41 Å². The summed E-state index contributed by atoms with van der Waals surface area (Å²) in [5.74, 6) is 0.0882. The van der Waals surface area contributed by atoms with Gasteiger partial charge in [0.2, 0.25) is 0 Å². The van der Waals surface area contributed by atoms with E-state index in [1.165, 1.54) is 6.07 Å². The van der Waals surface area contributed by atoms with Crippen LogP contribution in [-0.2, 0) is 16.0 Å². The van der Waals surface area contributed by atoms with Crippen molar-refractivity contribution in [3.63, 3.8) is 0 Å². The number of rotatable bonds is 10. The van der Waals surface area contributed by atoms with E-state index in [9.17, 15) is 18.0 Å². The summed E-state index contributed by atoms with van der Waals surface area (Å²) in [6, 6.07) is 11.9. The first-order valence-electron chi connectivity index (χ1n) is 12.9. The highest BCUT2D eigenvalue weighted by Crippen LogP contribution is 2.43. The zero-order valence-electron chi connectivity index (χ0n) is 21.9. The second kappa shape index (κ2) is 11.1. The molecule has 8 heteroatoms. The van der Waals surface area contributed by atoms with Crippen LogP contribution in [0.2, 0.25) is 0 Å². The Hall–Kier alpha value is -3.42. The summed E-state index contributed by atoms with van der Waals surface area (Å²) < 4.78 is 61.7. The van der Waals surface area contributed by atoms with Gasteiger partial charge in [-0.2, -0.15) is 0 Å². The Labute approximate surface area is 220 Å². The molecule has 0 saturated heterocycles. The molecule has 0 radical (unpaired) electrons. The van der Waals surface area contributed by atoms with Crippen molar-refractivity contribution in [1.29, 1.82) is 0 Å². The van der Waals surface area contributed by atoms with Crippen LogP contribution >= 0.6 is 0 Å². The quantitative estimate of drug-likeness (QED) is 0.150. The predicted molar refractivity (Wildman–Crippen MR) is 139 cm³/mol. The number of hydrogen-bond donors (Lipinski definition) is 0. The Morgan fingerprint density at radius 3 is 2.58 bits per heavy atom. The maximum atomic E-state index is 13.2. The number of benzene rings is 2. The van der Waals surface area contributed by atoms with E-state index in [0.29, 0.717) is 30.6 Å². The first-order chi connectivity index (χ1) is 18.0. The second-order valence-corrected chi connectivity index (χ2v) is 10.3. The lowest BCUT2D eigenvalue weighted by Crippen LogP contribution is -2.38. The molecule has 204 valence electrons. The van der Waals surface area contributed by atoms with Crippen LogP contribution in [0.15, 0.2) is 59.5 Å². The molecule has 3 aromatic rings. The number of fused-ring (bicyclic) bond motifs is 1. The fourth-order valence-electron chi connectivity index (χ4n) is 4.96. The van der Waals surface area contributed by atoms with E-state index in [1.807, 2.05) is 19.9 Å². The van der Waals surface area contributed by atoms with Crippen molar-refractivity contribution in [3.05, 3.63) is 60.7 Å². The number of carbonyl (C=O) groups excluding carboxylic acids is 1. The lowest BCUT2D eigenvalue weighted by Gasteiger charge is -2.32. The van der Waals surface area contributed by atoms with Gasteiger partial charge >= 0.3 is 12.3 Å². The molecular weight excluding hydrogens is 497 g/mol. The average Bonchev–Trinajstić information content (AvgIpc) is 3.38. The highest BCUT2D eigenvalue weighted by Gasteiger charge is 2.47. The van der Waals surface area contributed by atoms with E-state index in [1.54, 1.807) is 30.3 Å². The number of alkyl halides is 3. The Balaban J connectivity index is 1.57. The molecule has 1 aromatic heterocycles. The van der Waals surface area contributed by atoms with Gasteiger partial charge < -0.3 is 18.6 Å². The third-order valence-corrected chi connectivity index (χ3v) is 7.15. The Morgan fingerprint density at radius 1 is 1.11 bits per heavy atom. The summed E-state index contributed by atoms with van der Waals surface area (Å²) in [6.45, 7) is 9.51. The van der Waals surface area contributed by atoms with Crippen LogP contribution in [0.5, 0.6) is 11.5 Å². The van der Waals surface area contributed by atoms with Crippen LogP contribution in [0.1, 0.15) is 58.4 Å². The molecule has 1 saturated carbocycles. The zero-order valence-corrected chi connectivity index (χ0v) is 21.9. The Morgan fingerprint density at radius 2 is 1.87 bits per heavy atom. The van der Waals surface area contributed by atoms with Crippen molar-refractivity contribution < 1.29 is 36.6 Å². The summed E-state index contributed by atoms with van der Waals surface area (Å²) in [5, 5.41) is 0.723. The van der Waals surface area contributed by atoms with Gasteiger partial charge in [-0.1, -0.05) is 46.3 Å². The fraction of sp³-hybridized carbons (Fsp3) is 0.433. The molecule has 1 aliphatic rings. The first-order valence-corrected chi connectivity index (χ1v) is 12.9. The number of ether oxygens (including phenoxy) is 3. The molecular formula is C30H33F3O5. The van der Waals surface area contributed by atoms with Crippen molar-refractivity contribution in [2.75, 3.05) is 0 Å². The number of halogens is 3. The highest BCUT2D eigenvalue weighted by atomic mass is 19.4. The molecule has 1 fully saturated rings. The van der Waals surface area contributed by atoms with Crippen LogP contribution in [-0.4, -0.2) is 24.5 Å². The molecule has 5 nitrogen and oxygen atoms in total. The Kier molecular flexibility index (Phi) is 8.09. The standard InChI is InChI=1S/C30H33F3O5/c1-5-7-8-9-19-10-13-22(25(16-19)38-30(31,32)33)24-17-20-11-12-21(18-23(20)36-24)35-26-14-15-27(29(26,3)4)37-28(34)6-2/h6,10-13,16-18,26-27H,2,5,7-9,14-15H2,1,3-4H3. The second-order valence-electron chi connectivity index (χ2n) is 10.3. The van der Waals surface area contributed by atoms with Crippen LogP contribution < -0.4 is 9.47 Å². The molecule has 0 spiro atoms. The van der Waals surface area contributed by atoms with Gasteiger partial charge in [0.15, 0.2) is 0 Å². The molecule has 2 unspecified atom stereocenters. The third kappa shape index (κ3) is 6.34. The van der Waals surface area contributed by atoms with Crippen molar-refractivity contribution in [1.82, 2.24) is 0 Å². The van der Waals surface area contributed by atoms with Crippen LogP contribution in [0.25, 0.3) is 22.3 Å². The lowest BCUT2D eigenvalue weighted by atomic mass is 9.87. The SMILES string of the molecule is C=CC(=O)OC1CCC(Oc2ccc3cc(-c4ccc(CCCCC)cc4OC(F)(F)F)oc3c2)C1(C)C. The normalized spacial score (nSPS) is 18.9. The summed E-state index contributed by atoms with van der Waals surface area (Å²) >= 11 is 0. The molecule has 2 aromatic carbocycles. The smallest absolute Gasteiger partial charge is 0.490 e. The number of carbonyl (C=O) groups is 1. The summed E-state index contributed by atoms with van der Waals surface area (Å²) in [6.07, 6.45) is 0.789. The summed E-state index contributed by atoms with van der Waals surface area (Å²) in [5.41, 5.74) is 1.06. The topological polar surface area (TPSA) is 57.9 Å². The maximum Gasteiger partial charge on any atom is 0.573 e. The number of hydrogen-bond acceptors (Lipinski definition) is 5. The molecule has 0 aliphatic heterocycles. The van der Waals surface area contributed by atoms with Gasteiger partial charge in [-0.15, -0.1) is 13.2 Å². The number of esters is 1. The van der Waals surface area contributed by atoms with Gasteiger partial charge in [-0.3, -0.25) is 0 Å². The molecule has 2 atom stereocenters. The molecule has 0 amide bonds. The number of aryl methyl sites for hydroxylation is 1. The summed E-state index contributed by atoms with van der Waals surface area (Å²) in [4.78, 5) is 11.7. The van der Waals surface area contributed by atoms with Gasteiger partial charge in [0.05, 0.1) is 5.56 Å². The predicted octanol–water partition coefficient (Wildman–Crippen LogP) is 8.40. The van der Waals surface area contributed by atoms with E-state index in [-0.39, 0.29) is 29.3 Å². The van der Waals surface area contributed by atoms with Crippen molar-refractivity contribution in [3.8, 4) is 22.8 Å². The minimum absolute atomic E-state index is 0.205. The van der Waals surface area contributed by atoms with Gasteiger partial charge in [0.1, 0.15) is 35.1 Å². The maximum absolute atomic E-state index is 13.2. The molecule has 0 N–H and O–H groups in total. The zero-order chi connectivity index (χ0) is 27.5. The minimum Gasteiger partial charge on any atom is -0.490 e. The van der Waals surface area contributed by atoms with Crippen molar-refractivity contribution in [2.45, 2.75) is 77.9 Å². The van der Waals surface area contributed by atoms with E-state index >= 15 is 0 Å². The van der Waals surface area contributed by atoms with Gasteiger partial charge in [-0.25, -0.2) is 4.79 Å². The lowest BCUT2D eigenvalue weighted by molar-refractivity contribution is -0.274. The fourth-order valence-corrected chi connectivity index (χ4v) is 4.96. The van der Waals surface area contributed by atoms with Gasteiger partial charge in [-0.05, 0) is 61.6 Å². The molecule has 4 rings (SSSR count).